The molecule has 0 aliphatic carbocycles. The first-order valence-electron chi connectivity index (χ1n) is 6.18. The van der Waals surface area contributed by atoms with Crippen LogP contribution in [0.4, 0.5) is 0 Å². The molecular weight excluding hydrogens is 318 g/mol. The minimum Gasteiger partial charge on any atom is -0.324 e. The zero-order chi connectivity index (χ0) is 13.2. The molecule has 0 saturated carbocycles. The van der Waals surface area contributed by atoms with Crippen LogP contribution in [-0.4, -0.2) is 0 Å². The van der Waals surface area contributed by atoms with Crippen LogP contribution in [0.3, 0.4) is 0 Å². The van der Waals surface area contributed by atoms with Gasteiger partial charge in [-0.05, 0) is 63.3 Å². The molecule has 96 valence electrons. The fourth-order valence-corrected chi connectivity index (χ4v) is 3.31. The summed E-state index contributed by atoms with van der Waals surface area (Å²) < 4.78 is 1.11. The largest absolute Gasteiger partial charge is 0.324 e. The standard InChI is InChI=1S/C16H14BrNS/c17-15-4-3-12-8-14(2-1-13(12)9-15)16(18)7-11-5-6-19-10-11/h1-6,8-10,16H,7,18H2. The smallest absolute Gasteiger partial charge is 0.0336 e. The molecule has 0 amide bonds. The Morgan fingerprint density at radius 2 is 1.84 bits per heavy atom. The Kier molecular flexibility index (Phi) is 3.69. The fourth-order valence-electron chi connectivity index (χ4n) is 2.25. The predicted octanol–water partition coefficient (Wildman–Crippen LogP) is 4.91. The highest BCUT2D eigenvalue weighted by molar-refractivity contribution is 9.10. The molecule has 1 heterocycles. The van der Waals surface area contributed by atoms with E-state index in [9.17, 15) is 0 Å². The summed E-state index contributed by atoms with van der Waals surface area (Å²) in [6, 6.07) is 15.0. The van der Waals surface area contributed by atoms with E-state index < -0.39 is 0 Å². The van der Waals surface area contributed by atoms with E-state index in [2.05, 4.69) is 69.2 Å². The molecular formula is C16H14BrNS. The number of nitrogens with two attached hydrogens (primary N) is 1. The lowest BCUT2D eigenvalue weighted by molar-refractivity contribution is 0.725. The van der Waals surface area contributed by atoms with Crippen molar-refractivity contribution in [1.82, 2.24) is 0 Å². The molecule has 0 aliphatic heterocycles. The minimum absolute atomic E-state index is 0.0580. The average Bonchev–Trinajstić information content (AvgIpc) is 2.91. The predicted molar refractivity (Wildman–Crippen MR) is 86.6 cm³/mol. The second-order valence-corrected chi connectivity index (χ2v) is 6.39. The van der Waals surface area contributed by atoms with Crippen LogP contribution in [0.5, 0.6) is 0 Å². The van der Waals surface area contributed by atoms with Crippen LogP contribution in [0.2, 0.25) is 0 Å². The first-order chi connectivity index (χ1) is 9.22. The van der Waals surface area contributed by atoms with Crippen LogP contribution < -0.4 is 5.73 Å². The van der Waals surface area contributed by atoms with Gasteiger partial charge in [0.25, 0.3) is 0 Å². The molecule has 3 rings (SSSR count). The van der Waals surface area contributed by atoms with E-state index >= 15 is 0 Å². The lowest BCUT2D eigenvalue weighted by Gasteiger charge is -2.12. The maximum atomic E-state index is 6.30. The third-order valence-corrected chi connectivity index (χ3v) is 4.52. The highest BCUT2D eigenvalue weighted by atomic mass is 79.9. The van der Waals surface area contributed by atoms with E-state index in [1.54, 1.807) is 11.3 Å². The van der Waals surface area contributed by atoms with Gasteiger partial charge in [0.15, 0.2) is 0 Å². The lowest BCUT2D eigenvalue weighted by atomic mass is 9.98. The average molecular weight is 332 g/mol. The van der Waals surface area contributed by atoms with Gasteiger partial charge in [-0.2, -0.15) is 11.3 Å². The summed E-state index contributed by atoms with van der Waals surface area (Å²) >= 11 is 5.22. The Hall–Kier alpha value is -1.16. The monoisotopic (exact) mass is 331 g/mol. The van der Waals surface area contributed by atoms with Crippen molar-refractivity contribution in [1.29, 1.82) is 0 Å². The number of thiophene rings is 1. The molecule has 3 heteroatoms. The molecule has 0 bridgehead atoms. The van der Waals surface area contributed by atoms with Crippen molar-refractivity contribution in [3.8, 4) is 0 Å². The van der Waals surface area contributed by atoms with E-state index in [1.165, 1.54) is 21.9 Å². The van der Waals surface area contributed by atoms with Gasteiger partial charge < -0.3 is 5.73 Å². The fraction of sp³-hybridized carbons (Fsp3) is 0.125. The highest BCUT2D eigenvalue weighted by Crippen LogP contribution is 2.24. The van der Waals surface area contributed by atoms with Gasteiger partial charge in [-0.3, -0.25) is 0 Å². The van der Waals surface area contributed by atoms with Gasteiger partial charge in [0.1, 0.15) is 0 Å². The van der Waals surface area contributed by atoms with Crippen molar-refractivity contribution >= 4 is 38.0 Å². The van der Waals surface area contributed by atoms with Crippen molar-refractivity contribution in [3.63, 3.8) is 0 Å². The molecule has 0 aliphatic rings. The second kappa shape index (κ2) is 5.45. The molecule has 2 aromatic carbocycles. The van der Waals surface area contributed by atoms with Gasteiger partial charge >= 0.3 is 0 Å². The van der Waals surface area contributed by atoms with Crippen LogP contribution >= 0.6 is 27.3 Å². The quantitative estimate of drug-likeness (QED) is 0.725. The summed E-state index contributed by atoms with van der Waals surface area (Å²) in [7, 11) is 0. The highest BCUT2D eigenvalue weighted by Gasteiger charge is 2.08. The Bertz CT molecular complexity index is 691. The molecule has 0 radical (unpaired) electrons. The van der Waals surface area contributed by atoms with Gasteiger partial charge in [0.2, 0.25) is 0 Å². The summed E-state index contributed by atoms with van der Waals surface area (Å²) in [5, 5.41) is 6.74. The summed E-state index contributed by atoms with van der Waals surface area (Å²) in [6.45, 7) is 0. The van der Waals surface area contributed by atoms with Gasteiger partial charge in [-0.1, -0.05) is 34.1 Å². The Balaban J connectivity index is 1.90. The van der Waals surface area contributed by atoms with Crippen LogP contribution in [0.15, 0.2) is 57.7 Å². The minimum atomic E-state index is 0.0580. The zero-order valence-corrected chi connectivity index (χ0v) is 12.7. The van der Waals surface area contributed by atoms with Crippen LogP contribution in [0.25, 0.3) is 10.8 Å². The maximum absolute atomic E-state index is 6.30. The molecule has 19 heavy (non-hydrogen) atoms. The van der Waals surface area contributed by atoms with E-state index in [0.29, 0.717) is 0 Å². The van der Waals surface area contributed by atoms with Crippen molar-refractivity contribution < 1.29 is 0 Å². The summed E-state index contributed by atoms with van der Waals surface area (Å²) in [5.41, 5.74) is 8.81. The number of benzene rings is 2. The lowest BCUT2D eigenvalue weighted by Crippen LogP contribution is -2.12. The van der Waals surface area contributed by atoms with E-state index in [1.807, 2.05) is 0 Å². The molecule has 0 fully saturated rings. The van der Waals surface area contributed by atoms with Crippen molar-refractivity contribution in [3.05, 3.63) is 68.8 Å². The number of hydrogen-bond donors (Lipinski definition) is 1. The molecule has 3 aromatic rings. The first kappa shape index (κ1) is 12.9. The van der Waals surface area contributed by atoms with E-state index in [-0.39, 0.29) is 6.04 Å². The Morgan fingerprint density at radius 1 is 1.05 bits per heavy atom. The molecule has 1 aromatic heterocycles. The molecule has 0 spiro atoms. The van der Waals surface area contributed by atoms with Crippen molar-refractivity contribution in [2.75, 3.05) is 0 Å². The summed E-state index contributed by atoms with van der Waals surface area (Å²) in [5.74, 6) is 0. The van der Waals surface area contributed by atoms with Crippen molar-refractivity contribution in [2.24, 2.45) is 5.73 Å². The van der Waals surface area contributed by atoms with Crippen molar-refractivity contribution in [2.45, 2.75) is 12.5 Å². The summed E-state index contributed by atoms with van der Waals surface area (Å²) in [6.07, 6.45) is 0.894. The SMILES string of the molecule is NC(Cc1ccsc1)c1ccc2cc(Br)ccc2c1. The molecule has 1 unspecified atom stereocenters. The van der Waals surface area contributed by atoms with Crippen LogP contribution in [-0.2, 0) is 6.42 Å². The third-order valence-electron chi connectivity index (χ3n) is 3.29. The first-order valence-corrected chi connectivity index (χ1v) is 7.92. The molecule has 1 atom stereocenters. The maximum Gasteiger partial charge on any atom is 0.0336 e. The molecule has 1 nitrogen and oxygen atoms in total. The molecule has 0 saturated heterocycles. The second-order valence-electron chi connectivity index (χ2n) is 4.69. The number of rotatable bonds is 3. The van der Waals surface area contributed by atoms with Gasteiger partial charge in [-0.25, -0.2) is 0 Å². The number of fused-ring (bicyclic) bond motifs is 1. The Labute approximate surface area is 125 Å². The zero-order valence-electron chi connectivity index (χ0n) is 10.3. The Morgan fingerprint density at radius 3 is 2.63 bits per heavy atom. The van der Waals surface area contributed by atoms with Crippen LogP contribution in [0, 0.1) is 0 Å². The van der Waals surface area contributed by atoms with Gasteiger partial charge in [-0.15, -0.1) is 0 Å². The van der Waals surface area contributed by atoms with Crippen LogP contribution in [0.1, 0.15) is 17.2 Å². The van der Waals surface area contributed by atoms with E-state index in [0.717, 1.165) is 10.9 Å². The normalized spacial score (nSPS) is 12.7. The van der Waals surface area contributed by atoms with E-state index in [4.69, 9.17) is 5.73 Å². The topological polar surface area (TPSA) is 26.0 Å². The third kappa shape index (κ3) is 2.89. The number of hydrogen-bond acceptors (Lipinski definition) is 2. The van der Waals surface area contributed by atoms with Gasteiger partial charge in [0, 0.05) is 10.5 Å². The summed E-state index contributed by atoms with van der Waals surface area (Å²) in [4.78, 5) is 0. The van der Waals surface area contributed by atoms with Gasteiger partial charge in [0.05, 0.1) is 0 Å². The molecule has 2 N–H and O–H groups in total. The number of halogens is 1.